The Hall–Kier alpha value is -1.70. The SMILES string of the molecule is CCCN(C)C(=O)c1cnc2scc(-c3ccc(Cl)s3)n2c1=O. The molecule has 23 heavy (non-hydrogen) atoms. The van der Waals surface area contributed by atoms with Crippen molar-refractivity contribution in [2.24, 2.45) is 0 Å². The smallest absolute Gasteiger partial charge is 0.271 e. The first-order valence-electron chi connectivity index (χ1n) is 7.03. The van der Waals surface area contributed by atoms with Crippen molar-refractivity contribution < 1.29 is 4.79 Å². The monoisotopic (exact) mass is 367 g/mol. The average molecular weight is 368 g/mol. The highest BCUT2D eigenvalue weighted by Gasteiger charge is 2.19. The Morgan fingerprint density at radius 3 is 2.87 bits per heavy atom. The molecule has 0 radical (unpaired) electrons. The summed E-state index contributed by atoms with van der Waals surface area (Å²) in [4.78, 5) is 32.5. The molecule has 0 spiro atoms. The van der Waals surface area contributed by atoms with Crippen LogP contribution >= 0.6 is 34.3 Å². The van der Waals surface area contributed by atoms with Gasteiger partial charge in [0.05, 0.1) is 14.9 Å². The van der Waals surface area contributed by atoms with Crippen molar-refractivity contribution >= 4 is 45.1 Å². The van der Waals surface area contributed by atoms with Gasteiger partial charge in [-0.15, -0.1) is 22.7 Å². The first kappa shape index (κ1) is 16.2. The Morgan fingerprint density at radius 2 is 2.22 bits per heavy atom. The number of thiophene rings is 1. The van der Waals surface area contributed by atoms with Gasteiger partial charge >= 0.3 is 0 Å². The van der Waals surface area contributed by atoms with Crippen LogP contribution < -0.4 is 5.56 Å². The minimum atomic E-state index is -0.344. The van der Waals surface area contributed by atoms with Crippen LogP contribution in [0.3, 0.4) is 0 Å². The maximum atomic E-state index is 12.8. The molecule has 0 bridgehead atoms. The molecule has 0 atom stereocenters. The predicted octanol–water partition coefficient (Wildman–Crippen LogP) is 3.62. The van der Waals surface area contributed by atoms with Crippen LogP contribution in [0.1, 0.15) is 23.7 Å². The molecule has 1 amide bonds. The lowest BCUT2D eigenvalue weighted by Gasteiger charge is -2.15. The van der Waals surface area contributed by atoms with Crippen LogP contribution in [0.15, 0.2) is 28.5 Å². The largest absolute Gasteiger partial charge is 0.341 e. The van der Waals surface area contributed by atoms with E-state index in [4.69, 9.17) is 11.6 Å². The van der Waals surface area contributed by atoms with Gasteiger partial charge in [0, 0.05) is 25.2 Å². The highest BCUT2D eigenvalue weighted by atomic mass is 35.5. The van der Waals surface area contributed by atoms with Crippen LogP contribution in [-0.4, -0.2) is 33.8 Å². The topological polar surface area (TPSA) is 54.7 Å². The number of carbonyl (C=O) groups is 1. The summed E-state index contributed by atoms with van der Waals surface area (Å²) >= 11 is 8.73. The van der Waals surface area contributed by atoms with Crippen LogP contribution in [0.2, 0.25) is 4.34 Å². The van der Waals surface area contributed by atoms with Gasteiger partial charge in [-0.25, -0.2) is 9.38 Å². The van der Waals surface area contributed by atoms with E-state index < -0.39 is 0 Å². The molecular formula is C15H14ClN3O2S2. The maximum absolute atomic E-state index is 12.8. The van der Waals surface area contributed by atoms with Gasteiger partial charge in [0.25, 0.3) is 11.5 Å². The van der Waals surface area contributed by atoms with Crippen LogP contribution in [0, 0.1) is 0 Å². The summed E-state index contributed by atoms with van der Waals surface area (Å²) in [6, 6.07) is 3.65. The van der Waals surface area contributed by atoms with Crippen LogP contribution in [0.25, 0.3) is 15.5 Å². The van der Waals surface area contributed by atoms with Crippen LogP contribution in [0.5, 0.6) is 0 Å². The molecule has 0 fully saturated rings. The van der Waals surface area contributed by atoms with Crippen molar-refractivity contribution in [3.8, 4) is 10.6 Å². The minimum Gasteiger partial charge on any atom is -0.341 e. The average Bonchev–Trinajstić information content (AvgIpc) is 3.13. The van der Waals surface area contributed by atoms with Crippen molar-refractivity contribution in [2.45, 2.75) is 13.3 Å². The fourth-order valence-electron chi connectivity index (χ4n) is 2.31. The zero-order valence-electron chi connectivity index (χ0n) is 12.6. The number of nitrogens with zero attached hydrogens (tertiary/aromatic N) is 3. The summed E-state index contributed by atoms with van der Waals surface area (Å²) in [5, 5.41) is 1.86. The first-order chi connectivity index (χ1) is 11.0. The normalized spacial score (nSPS) is 11.1. The molecule has 3 rings (SSSR count). The van der Waals surface area contributed by atoms with E-state index in [1.807, 2.05) is 18.4 Å². The molecule has 5 nitrogen and oxygen atoms in total. The summed E-state index contributed by atoms with van der Waals surface area (Å²) in [7, 11) is 1.69. The molecule has 8 heteroatoms. The molecule has 3 aromatic heterocycles. The zero-order valence-corrected chi connectivity index (χ0v) is 15.0. The third kappa shape index (κ3) is 2.91. The summed E-state index contributed by atoms with van der Waals surface area (Å²) in [6.45, 7) is 2.58. The third-order valence-corrected chi connectivity index (χ3v) is 5.50. The summed E-state index contributed by atoms with van der Waals surface area (Å²) in [6.07, 6.45) is 2.20. The second-order valence-corrected chi connectivity index (χ2v) is 7.60. The lowest BCUT2D eigenvalue weighted by atomic mass is 10.2. The van der Waals surface area contributed by atoms with Crippen molar-refractivity contribution in [3.63, 3.8) is 0 Å². The maximum Gasteiger partial charge on any atom is 0.271 e. The molecule has 0 saturated heterocycles. The van der Waals surface area contributed by atoms with Gasteiger partial charge in [0.1, 0.15) is 5.56 Å². The van der Waals surface area contributed by atoms with Gasteiger partial charge in [-0.3, -0.25) is 9.59 Å². The first-order valence-corrected chi connectivity index (χ1v) is 9.10. The molecule has 3 heterocycles. The van der Waals surface area contributed by atoms with Crippen LogP contribution in [-0.2, 0) is 0 Å². The molecule has 120 valence electrons. The number of aromatic nitrogens is 2. The molecule has 0 unspecified atom stereocenters. The van der Waals surface area contributed by atoms with Crippen molar-refractivity contribution in [1.82, 2.24) is 14.3 Å². The Bertz CT molecular complexity index is 928. The Morgan fingerprint density at radius 1 is 1.43 bits per heavy atom. The minimum absolute atomic E-state index is 0.0840. The molecular weight excluding hydrogens is 354 g/mol. The van der Waals surface area contributed by atoms with E-state index in [0.29, 0.717) is 21.5 Å². The summed E-state index contributed by atoms with van der Waals surface area (Å²) in [5.74, 6) is -0.305. The number of hydrogen-bond acceptors (Lipinski definition) is 5. The molecule has 0 aliphatic carbocycles. The van der Waals surface area contributed by atoms with E-state index in [2.05, 4.69) is 4.98 Å². The second-order valence-electron chi connectivity index (χ2n) is 5.05. The zero-order chi connectivity index (χ0) is 16.6. The predicted molar refractivity (Wildman–Crippen MR) is 94.9 cm³/mol. The van der Waals surface area contributed by atoms with Gasteiger partial charge in [0.2, 0.25) is 0 Å². The number of amides is 1. The van der Waals surface area contributed by atoms with Gasteiger partial charge < -0.3 is 4.90 Å². The van der Waals surface area contributed by atoms with E-state index in [1.165, 1.54) is 33.3 Å². The number of rotatable bonds is 4. The number of halogens is 1. The van der Waals surface area contributed by atoms with Crippen molar-refractivity contribution in [1.29, 1.82) is 0 Å². The molecule has 0 N–H and O–H groups in total. The molecule has 0 saturated carbocycles. The summed E-state index contributed by atoms with van der Waals surface area (Å²) in [5.41, 5.74) is 0.455. The lowest BCUT2D eigenvalue weighted by Crippen LogP contribution is -2.33. The fraction of sp³-hybridized carbons (Fsp3) is 0.267. The van der Waals surface area contributed by atoms with E-state index >= 15 is 0 Å². The van der Waals surface area contributed by atoms with E-state index in [9.17, 15) is 9.59 Å². The highest BCUT2D eigenvalue weighted by molar-refractivity contribution is 7.20. The highest BCUT2D eigenvalue weighted by Crippen LogP contribution is 2.32. The van der Waals surface area contributed by atoms with E-state index in [1.54, 1.807) is 18.0 Å². The second kappa shape index (κ2) is 6.43. The lowest BCUT2D eigenvalue weighted by molar-refractivity contribution is 0.0793. The number of fused-ring (bicyclic) bond motifs is 1. The van der Waals surface area contributed by atoms with Crippen molar-refractivity contribution in [3.05, 3.63) is 44.0 Å². The van der Waals surface area contributed by atoms with Gasteiger partial charge in [-0.2, -0.15) is 0 Å². The fourth-order valence-corrected chi connectivity index (χ4v) is 4.28. The van der Waals surface area contributed by atoms with Gasteiger partial charge in [-0.05, 0) is 18.6 Å². The van der Waals surface area contributed by atoms with Crippen LogP contribution in [0.4, 0.5) is 0 Å². The van der Waals surface area contributed by atoms with Gasteiger partial charge in [-0.1, -0.05) is 18.5 Å². The van der Waals surface area contributed by atoms with Gasteiger partial charge in [0.15, 0.2) is 4.96 Å². The third-order valence-electron chi connectivity index (χ3n) is 3.41. The molecule has 0 aliphatic heterocycles. The number of thiazole rings is 1. The number of hydrogen-bond donors (Lipinski definition) is 0. The Kier molecular flexibility index (Phi) is 4.52. The molecule has 0 aromatic carbocycles. The Labute approximate surface area is 145 Å². The Balaban J connectivity index is 2.15. The van der Waals surface area contributed by atoms with E-state index in [-0.39, 0.29) is 17.0 Å². The standard InChI is InChI=1S/C15H14ClN3O2S2/c1-3-6-18(2)13(20)9-7-17-15-19(14(9)21)10(8-22-15)11-4-5-12(16)23-11/h4-5,7-8H,3,6H2,1-2H3. The summed E-state index contributed by atoms with van der Waals surface area (Å²) < 4.78 is 2.13. The molecule has 0 aliphatic rings. The van der Waals surface area contributed by atoms with E-state index in [0.717, 1.165) is 11.3 Å². The number of carbonyl (C=O) groups excluding carboxylic acids is 1. The van der Waals surface area contributed by atoms with Crippen molar-refractivity contribution in [2.75, 3.05) is 13.6 Å². The quantitative estimate of drug-likeness (QED) is 0.707. The molecule has 3 aromatic rings.